The molecule has 6 nitrogen and oxygen atoms in total. The molecular weight excluding hydrogens is 398 g/mol. The number of ether oxygens (including phenoxy) is 1. The lowest BCUT2D eigenvalue weighted by Gasteiger charge is -2.33. The Hall–Kier alpha value is -2.77. The molecule has 1 aromatic carbocycles. The summed E-state index contributed by atoms with van der Waals surface area (Å²) in [5, 5.41) is 0.928. The van der Waals surface area contributed by atoms with Crippen LogP contribution in [0, 0.1) is 0 Å². The van der Waals surface area contributed by atoms with Gasteiger partial charge in [0.1, 0.15) is 15.8 Å². The van der Waals surface area contributed by atoms with Crippen molar-refractivity contribution in [2.45, 2.75) is 19.4 Å². The summed E-state index contributed by atoms with van der Waals surface area (Å²) in [6, 6.07) is 14.0. The largest absolute Gasteiger partial charge is 0.370 e. The van der Waals surface area contributed by atoms with E-state index >= 15 is 0 Å². The normalized spacial score (nSPS) is 16.6. The molecule has 0 spiro atoms. The first-order valence-electron chi connectivity index (χ1n) is 10.1. The van der Waals surface area contributed by atoms with Crippen LogP contribution < -0.4 is 0 Å². The molecule has 1 aliphatic heterocycles. The molecule has 1 fully saturated rings. The maximum atomic E-state index is 13.4. The van der Waals surface area contributed by atoms with E-state index in [4.69, 9.17) is 4.74 Å². The molecule has 0 unspecified atom stereocenters. The van der Waals surface area contributed by atoms with Crippen molar-refractivity contribution in [2.24, 2.45) is 0 Å². The molecule has 2 aromatic heterocycles. The topological polar surface area (TPSA) is 62.7 Å². The van der Waals surface area contributed by atoms with Crippen LogP contribution in [-0.4, -0.2) is 59.9 Å². The van der Waals surface area contributed by atoms with E-state index in [-0.39, 0.29) is 17.9 Å². The van der Waals surface area contributed by atoms with Gasteiger partial charge in [0, 0.05) is 44.2 Å². The van der Waals surface area contributed by atoms with Crippen molar-refractivity contribution in [1.29, 1.82) is 0 Å². The van der Waals surface area contributed by atoms with E-state index in [1.807, 2.05) is 37.4 Å². The summed E-state index contributed by atoms with van der Waals surface area (Å²) in [4.78, 5) is 34.8. The maximum absolute atomic E-state index is 13.4. The number of carbonyl (C=O) groups is 2. The molecule has 7 heteroatoms. The highest BCUT2D eigenvalue weighted by molar-refractivity contribution is 7.20. The van der Waals surface area contributed by atoms with Gasteiger partial charge >= 0.3 is 0 Å². The number of pyridine rings is 1. The van der Waals surface area contributed by atoms with Gasteiger partial charge in [0.25, 0.3) is 5.91 Å². The van der Waals surface area contributed by atoms with E-state index in [0.29, 0.717) is 31.1 Å². The Morgan fingerprint density at radius 3 is 2.80 bits per heavy atom. The minimum absolute atomic E-state index is 0.0221. The molecule has 0 bridgehead atoms. The van der Waals surface area contributed by atoms with Gasteiger partial charge in [-0.2, -0.15) is 0 Å². The second kappa shape index (κ2) is 8.93. The van der Waals surface area contributed by atoms with Crippen molar-refractivity contribution in [2.75, 3.05) is 33.3 Å². The summed E-state index contributed by atoms with van der Waals surface area (Å²) < 4.78 is 6.02. The van der Waals surface area contributed by atoms with E-state index in [2.05, 4.69) is 17.1 Å². The SMILES string of the molecule is CC(=O)N1CCO[C@@H](c2c(C(=O)N(C)CCc3ccccc3)sc3ncccc23)C1. The van der Waals surface area contributed by atoms with Crippen molar-refractivity contribution in [3.63, 3.8) is 0 Å². The Morgan fingerprint density at radius 1 is 1.23 bits per heavy atom. The molecule has 0 aliphatic carbocycles. The predicted octanol–water partition coefficient (Wildman–Crippen LogP) is 3.53. The number of morpholine rings is 1. The maximum Gasteiger partial charge on any atom is 0.264 e. The zero-order chi connectivity index (χ0) is 21.1. The summed E-state index contributed by atoms with van der Waals surface area (Å²) in [7, 11) is 1.83. The molecule has 2 amide bonds. The number of benzene rings is 1. The lowest BCUT2D eigenvalue weighted by molar-refractivity contribution is -0.136. The first-order chi connectivity index (χ1) is 14.5. The van der Waals surface area contributed by atoms with Gasteiger partial charge in [-0.25, -0.2) is 4.98 Å². The second-order valence-electron chi connectivity index (χ2n) is 7.49. The fourth-order valence-corrected chi connectivity index (χ4v) is 4.95. The van der Waals surface area contributed by atoms with Crippen LogP contribution in [0.25, 0.3) is 10.2 Å². The average molecular weight is 424 g/mol. The van der Waals surface area contributed by atoms with Crippen molar-refractivity contribution in [3.05, 3.63) is 64.7 Å². The highest BCUT2D eigenvalue weighted by atomic mass is 32.1. The minimum atomic E-state index is -0.331. The number of nitrogens with zero attached hydrogens (tertiary/aromatic N) is 3. The highest BCUT2D eigenvalue weighted by Crippen LogP contribution is 2.37. The number of amides is 2. The number of hydrogen-bond donors (Lipinski definition) is 0. The van der Waals surface area contributed by atoms with Crippen LogP contribution in [0.15, 0.2) is 48.7 Å². The molecular formula is C23H25N3O3S. The van der Waals surface area contributed by atoms with E-state index in [9.17, 15) is 9.59 Å². The van der Waals surface area contributed by atoms with Gasteiger partial charge in [-0.3, -0.25) is 9.59 Å². The zero-order valence-corrected chi connectivity index (χ0v) is 18.0. The van der Waals surface area contributed by atoms with Crippen LogP contribution in [0.2, 0.25) is 0 Å². The summed E-state index contributed by atoms with van der Waals surface area (Å²) in [6.45, 7) is 3.67. The van der Waals surface area contributed by atoms with Crippen molar-refractivity contribution >= 4 is 33.4 Å². The van der Waals surface area contributed by atoms with Gasteiger partial charge in [0.05, 0.1) is 13.2 Å². The van der Waals surface area contributed by atoms with Gasteiger partial charge in [0.15, 0.2) is 0 Å². The Morgan fingerprint density at radius 2 is 2.03 bits per heavy atom. The third kappa shape index (κ3) is 4.22. The summed E-state index contributed by atoms with van der Waals surface area (Å²) in [6.07, 6.45) is 2.20. The van der Waals surface area contributed by atoms with Crippen LogP contribution >= 0.6 is 11.3 Å². The lowest BCUT2D eigenvalue weighted by Crippen LogP contribution is -2.41. The summed E-state index contributed by atoms with van der Waals surface area (Å²) >= 11 is 1.40. The molecule has 3 heterocycles. The Labute approximate surface area is 180 Å². The zero-order valence-electron chi connectivity index (χ0n) is 17.2. The van der Waals surface area contributed by atoms with Gasteiger partial charge in [-0.1, -0.05) is 36.4 Å². The third-order valence-electron chi connectivity index (χ3n) is 5.46. The molecule has 0 radical (unpaired) electrons. The monoisotopic (exact) mass is 423 g/mol. The van der Waals surface area contributed by atoms with Crippen LogP contribution in [0.4, 0.5) is 0 Å². The Bertz CT molecular complexity index is 1050. The smallest absolute Gasteiger partial charge is 0.264 e. The third-order valence-corrected chi connectivity index (χ3v) is 6.58. The standard InChI is InChI=1S/C23H25N3O3S/c1-16(27)26-13-14-29-19(15-26)20-18-9-6-11-24-22(18)30-21(20)23(28)25(2)12-10-17-7-4-3-5-8-17/h3-9,11,19H,10,12-15H2,1-2H3/t19-/m1/s1. The number of thiophene rings is 1. The molecule has 1 atom stereocenters. The van der Waals surface area contributed by atoms with Gasteiger partial charge in [0.2, 0.25) is 5.91 Å². The van der Waals surface area contributed by atoms with Gasteiger partial charge in [-0.05, 0) is 18.1 Å². The van der Waals surface area contributed by atoms with Crippen LogP contribution in [-0.2, 0) is 16.0 Å². The number of fused-ring (bicyclic) bond motifs is 1. The number of likely N-dealkylation sites (N-methyl/N-ethyl adjacent to an activating group) is 1. The molecule has 156 valence electrons. The minimum Gasteiger partial charge on any atom is -0.370 e. The van der Waals surface area contributed by atoms with Crippen molar-refractivity contribution in [1.82, 2.24) is 14.8 Å². The Kier molecular flexibility index (Phi) is 6.11. The number of hydrogen-bond acceptors (Lipinski definition) is 5. The molecule has 3 aromatic rings. The molecule has 4 rings (SSSR count). The average Bonchev–Trinajstić information content (AvgIpc) is 3.17. The molecule has 1 aliphatic rings. The van der Waals surface area contributed by atoms with Crippen LogP contribution in [0.1, 0.15) is 33.8 Å². The molecule has 1 saturated heterocycles. The quantitative estimate of drug-likeness (QED) is 0.630. The van der Waals surface area contributed by atoms with Crippen molar-refractivity contribution < 1.29 is 14.3 Å². The summed E-state index contributed by atoms with van der Waals surface area (Å²) in [5.41, 5.74) is 2.05. The van der Waals surface area contributed by atoms with Crippen LogP contribution in [0.5, 0.6) is 0 Å². The predicted molar refractivity (Wildman–Crippen MR) is 118 cm³/mol. The number of carbonyl (C=O) groups excluding carboxylic acids is 2. The van der Waals surface area contributed by atoms with E-state index in [1.54, 1.807) is 22.9 Å². The first kappa shape index (κ1) is 20.5. The van der Waals surface area contributed by atoms with Gasteiger partial charge < -0.3 is 14.5 Å². The molecule has 0 N–H and O–H groups in total. The van der Waals surface area contributed by atoms with E-state index in [1.165, 1.54) is 16.9 Å². The molecule has 30 heavy (non-hydrogen) atoms. The van der Waals surface area contributed by atoms with Crippen molar-refractivity contribution in [3.8, 4) is 0 Å². The highest BCUT2D eigenvalue weighted by Gasteiger charge is 2.31. The molecule has 0 saturated carbocycles. The first-order valence-corrected chi connectivity index (χ1v) is 10.9. The number of aromatic nitrogens is 1. The lowest BCUT2D eigenvalue weighted by atomic mass is 10.0. The van der Waals surface area contributed by atoms with E-state index < -0.39 is 0 Å². The fraction of sp³-hybridized carbons (Fsp3) is 0.348. The van der Waals surface area contributed by atoms with Crippen LogP contribution in [0.3, 0.4) is 0 Å². The van der Waals surface area contributed by atoms with E-state index in [0.717, 1.165) is 22.2 Å². The summed E-state index contributed by atoms with van der Waals surface area (Å²) in [5.74, 6) is -0.0127. The fourth-order valence-electron chi connectivity index (χ4n) is 3.76. The second-order valence-corrected chi connectivity index (χ2v) is 8.49. The van der Waals surface area contributed by atoms with Gasteiger partial charge in [-0.15, -0.1) is 11.3 Å². The number of rotatable bonds is 5. The Balaban J connectivity index is 1.62.